The van der Waals surface area contributed by atoms with Crippen LogP contribution in [-0.2, 0) is 4.74 Å². The van der Waals surface area contributed by atoms with Crippen LogP contribution in [0.5, 0.6) is 0 Å². The van der Waals surface area contributed by atoms with Crippen LogP contribution in [0.1, 0.15) is 65.2 Å². The fraction of sp³-hybridized carbons (Fsp3) is 1.00. The molecule has 2 nitrogen and oxygen atoms in total. The Hall–Kier alpha value is -0.0800. The Labute approximate surface area is 107 Å². The molecule has 2 rings (SSSR count). The molecule has 0 radical (unpaired) electrons. The predicted molar refractivity (Wildman–Crippen MR) is 72.2 cm³/mol. The third kappa shape index (κ3) is 4.26. The average molecular weight is 239 g/mol. The molecule has 0 aromatic heterocycles. The normalized spacial score (nSPS) is 39.2. The van der Waals surface area contributed by atoms with Crippen molar-refractivity contribution < 1.29 is 4.74 Å². The lowest BCUT2D eigenvalue weighted by Gasteiger charge is -2.34. The molecule has 0 aliphatic heterocycles. The van der Waals surface area contributed by atoms with Gasteiger partial charge in [-0.05, 0) is 63.8 Å². The fourth-order valence-corrected chi connectivity index (χ4v) is 3.33. The Morgan fingerprint density at radius 2 is 1.41 bits per heavy atom. The lowest BCUT2D eigenvalue weighted by atomic mass is 9.88. The third-order valence-electron chi connectivity index (χ3n) is 4.51. The van der Waals surface area contributed by atoms with Crippen LogP contribution in [0.25, 0.3) is 0 Å². The Bertz CT molecular complexity index is 203. The largest absolute Gasteiger partial charge is 0.375 e. The molecule has 17 heavy (non-hydrogen) atoms. The highest BCUT2D eigenvalue weighted by atomic mass is 16.5. The molecule has 0 unspecified atom stereocenters. The highest BCUT2D eigenvalue weighted by molar-refractivity contribution is 4.79. The maximum absolute atomic E-state index is 6.28. The lowest BCUT2D eigenvalue weighted by Crippen LogP contribution is -2.36. The van der Waals surface area contributed by atoms with Gasteiger partial charge in [-0.25, -0.2) is 0 Å². The summed E-state index contributed by atoms with van der Waals surface area (Å²) in [5.74, 6) is 0.930. The Morgan fingerprint density at radius 1 is 0.882 bits per heavy atom. The summed E-state index contributed by atoms with van der Waals surface area (Å²) >= 11 is 0. The molecule has 0 aromatic rings. The molecule has 2 saturated carbocycles. The summed E-state index contributed by atoms with van der Waals surface area (Å²) in [6, 6.07) is 0.756. The van der Waals surface area contributed by atoms with E-state index in [0.717, 1.165) is 18.5 Å². The summed E-state index contributed by atoms with van der Waals surface area (Å²) in [5.41, 5.74) is 0. The minimum absolute atomic E-state index is 0.559. The lowest BCUT2D eigenvalue weighted by molar-refractivity contribution is -0.0528. The quantitative estimate of drug-likeness (QED) is 0.810. The fourth-order valence-electron chi connectivity index (χ4n) is 3.33. The summed E-state index contributed by atoms with van der Waals surface area (Å²) in [4.78, 5) is 0. The minimum Gasteiger partial charge on any atom is -0.375 e. The van der Waals surface area contributed by atoms with Crippen LogP contribution in [0.2, 0.25) is 0 Å². The minimum atomic E-state index is 0.559. The van der Waals surface area contributed by atoms with Crippen molar-refractivity contribution in [2.45, 2.75) is 83.5 Å². The van der Waals surface area contributed by atoms with Crippen molar-refractivity contribution in [2.75, 3.05) is 6.54 Å². The number of rotatable bonds is 4. The number of hydrogen-bond donors (Lipinski definition) is 1. The maximum atomic E-state index is 6.28. The van der Waals surface area contributed by atoms with Gasteiger partial charge in [-0.2, -0.15) is 0 Å². The maximum Gasteiger partial charge on any atom is 0.0580 e. The van der Waals surface area contributed by atoms with Gasteiger partial charge in [-0.15, -0.1) is 0 Å². The molecular formula is C15H29NO. The third-order valence-corrected chi connectivity index (χ3v) is 4.51. The topological polar surface area (TPSA) is 21.3 Å². The van der Waals surface area contributed by atoms with Crippen LogP contribution < -0.4 is 5.32 Å². The first kappa shape index (κ1) is 13.4. The van der Waals surface area contributed by atoms with Crippen molar-refractivity contribution >= 4 is 0 Å². The first-order chi connectivity index (χ1) is 8.28. The zero-order chi connectivity index (χ0) is 12.1. The number of nitrogens with one attached hydrogen (secondary N) is 1. The van der Waals surface area contributed by atoms with Gasteiger partial charge >= 0.3 is 0 Å². The molecule has 0 amide bonds. The van der Waals surface area contributed by atoms with Crippen molar-refractivity contribution in [3.8, 4) is 0 Å². The van der Waals surface area contributed by atoms with Crippen molar-refractivity contribution in [3.63, 3.8) is 0 Å². The molecule has 2 aliphatic carbocycles. The van der Waals surface area contributed by atoms with E-state index in [4.69, 9.17) is 4.74 Å². The van der Waals surface area contributed by atoms with E-state index < -0.39 is 0 Å². The molecule has 2 fully saturated rings. The second-order valence-corrected chi connectivity index (χ2v) is 6.05. The summed E-state index contributed by atoms with van der Waals surface area (Å²) in [6.45, 7) is 5.68. The standard InChI is InChI=1S/C15H29NO/c1-3-16-13-6-10-15(11-7-13)17-14-8-4-12(2)5-9-14/h12-16H,3-11H2,1-2H3. The van der Waals surface area contributed by atoms with Crippen LogP contribution in [0.3, 0.4) is 0 Å². The van der Waals surface area contributed by atoms with Gasteiger partial charge in [-0.3, -0.25) is 0 Å². The van der Waals surface area contributed by atoms with Gasteiger partial charge in [-0.1, -0.05) is 13.8 Å². The highest BCUT2D eigenvalue weighted by Gasteiger charge is 2.25. The summed E-state index contributed by atoms with van der Waals surface area (Å²) in [5, 5.41) is 3.56. The Balaban J connectivity index is 1.64. The van der Waals surface area contributed by atoms with E-state index in [1.807, 2.05) is 0 Å². The average Bonchev–Trinajstić information content (AvgIpc) is 2.35. The van der Waals surface area contributed by atoms with Gasteiger partial charge in [0, 0.05) is 6.04 Å². The van der Waals surface area contributed by atoms with Crippen molar-refractivity contribution in [3.05, 3.63) is 0 Å². The van der Waals surface area contributed by atoms with E-state index in [1.165, 1.54) is 51.4 Å². The summed E-state index contributed by atoms with van der Waals surface area (Å²) < 4.78 is 6.28. The van der Waals surface area contributed by atoms with Crippen molar-refractivity contribution in [2.24, 2.45) is 5.92 Å². The van der Waals surface area contributed by atoms with Crippen molar-refractivity contribution in [1.29, 1.82) is 0 Å². The molecule has 2 heteroatoms. The molecule has 0 atom stereocenters. The first-order valence-electron chi connectivity index (χ1n) is 7.66. The molecule has 0 aromatic carbocycles. The van der Waals surface area contributed by atoms with E-state index in [2.05, 4.69) is 19.2 Å². The van der Waals surface area contributed by atoms with E-state index in [1.54, 1.807) is 0 Å². The van der Waals surface area contributed by atoms with Gasteiger partial charge < -0.3 is 10.1 Å². The van der Waals surface area contributed by atoms with Crippen LogP contribution in [0.4, 0.5) is 0 Å². The van der Waals surface area contributed by atoms with Gasteiger partial charge in [0.25, 0.3) is 0 Å². The van der Waals surface area contributed by atoms with Gasteiger partial charge in [0.05, 0.1) is 12.2 Å². The monoisotopic (exact) mass is 239 g/mol. The van der Waals surface area contributed by atoms with E-state index in [0.29, 0.717) is 12.2 Å². The molecule has 0 spiro atoms. The van der Waals surface area contributed by atoms with Crippen LogP contribution in [0.15, 0.2) is 0 Å². The van der Waals surface area contributed by atoms with Gasteiger partial charge in [0.15, 0.2) is 0 Å². The second-order valence-electron chi connectivity index (χ2n) is 6.05. The molecule has 2 aliphatic rings. The summed E-state index contributed by atoms with van der Waals surface area (Å²) in [7, 11) is 0. The molecule has 1 N–H and O–H groups in total. The zero-order valence-corrected chi connectivity index (χ0v) is 11.6. The molecule has 100 valence electrons. The number of hydrogen-bond acceptors (Lipinski definition) is 2. The predicted octanol–water partition coefficient (Wildman–Crippen LogP) is 3.50. The second kappa shape index (κ2) is 6.75. The zero-order valence-electron chi connectivity index (χ0n) is 11.6. The highest BCUT2D eigenvalue weighted by Crippen LogP contribution is 2.29. The van der Waals surface area contributed by atoms with Crippen molar-refractivity contribution in [1.82, 2.24) is 5.32 Å². The molecule has 0 bridgehead atoms. The smallest absolute Gasteiger partial charge is 0.0580 e. The molecule has 0 saturated heterocycles. The molecule has 0 heterocycles. The number of ether oxygens (including phenoxy) is 1. The van der Waals surface area contributed by atoms with Gasteiger partial charge in [0.2, 0.25) is 0 Å². The molecular weight excluding hydrogens is 210 g/mol. The SMILES string of the molecule is CCNC1CCC(OC2CCC(C)CC2)CC1. The van der Waals surface area contributed by atoms with E-state index in [-0.39, 0.29) is 0 Å². The Morgan fingerprint density at radius 3 is 1.94 bits per heavy atom. The van der Waals surface area contributed by atoms with Crippen LogP contribution in [-0.4, -0.2) is 24.8 Å². The summed E-state index contributed by atoms with van der Waals surface area (Å²) in [6.07, 6.45) is 11.6. The van der Waals surface area contributed by atoms with E-state index in [9.17, 15) is 0 Å². The Kier molecular flexibility index (Phi) is 5.30. The first-order valence-corrected chi connectivity index (χ1v) is 7.66. The van der Waals surface area contributed by atoms with Crippen LogP contribution in [0, 0.1) is 5.92 Å². The van der Waals surface area contributed by atoms with Crippen LogP contribution >= 0.6 is 0 Å². The van der Waals surface area contributed by atoms with Gasteiger partial charge in [0.1, 0.15) is 0 Å². The van der Waals surface area contributed by atoms with E-state index >= 15 is 0 Å².